The Balaban J connectivity index is 1.61. The number of amides is 2. The Labute approximate surface area is 187 Å². The van der Waals surface area contributed by atoms with Crippen LogP contribution in [0.15, 0.2) is 71.6 Å². The highest BCUT2D eigenvalue weighted by molar-refractivity contribution is 7.92. The van der Waals surface area contributed by atoms with E-state index >= 15 is 0 Å². The lowest BCUT2D eigenvalue weighted by atomic mass is 10.1. The number of nitrogens with one attached hydrogen (secondary N) is 2. The van der Waals surface area contributed by atoms with Gasteiger partial charge in [-0.05, 0) is 60.9 Å². The van der Waals surface area contributed by atoms with Crippen molar-refractivity contribution in [1.82, 2.24) is 5.32 Å². The van der Waals surface area contributed by atoms with E-state index < -0.39 is 15.9 Å². The third-order valence-corrected chi connectivity index (χ3v) is 7.31. The van der Waals surface area contributed by atoms with E-state index in [0.717, 1.165) is 11.1 Å². The summed E-state index contributed by atoms with van der Waals surface area (Å²) in [7, 11) is -2.28. The van der Waals surface area contributed by atoms with E-state index in [1.54, 1.807) is 36.4 Å². The van der Waals surface area contributed by atoms with Gasteiger partial charge in [0.1, 0.15) is 0 Å². The van der Waals surface area contributed by atoms with Crippen LogP contribution in [0.3, 0.4) is 0 Å². The Morgan fingerprint density at radius 2 is 1.66 bits per heavy atom. The number of hydrogen-bond acceptors (Lipinski definition) is 4. The lowest BCUT2D eigenvalue weighted by Crippen LogP contribution is -2.29. The molecule has 0 fully saturated rings. The van der Waals surface area contributed by atoms with E-state index in [1.165, 1.54) is 23.5 Å². The minimum atomic E-state index is -3.81. The molecular weight excluding hydrogens is 426 g/mol. The topological polar surface area (TPSA) is 95.6 Å². The molecule has 1 aliphatic heterocycles. The van der Waals surface area contributed by atoms with E-state index in [0.29, 0.717) is 29.9 Å². The molecule has 164 valence electrons. The summed E-state index contributed by atoms with van der Waals surface area (Å²) in [5, 5.41) is 5.33. The molecule has 8 heteroatoms. The highest BCUT2D eigenvalue weighted by Crippen LogP contribution is 2.32. The number of para-hydroxylation sites is 1. The average molecular weight is 450 g/mol. The molecule has 2 N–H and O–H groups in total. The summed E-state index contributed by atoms with van der Waals surface area (Å²) in [6.07, 6.45) is 0.649. The standard InChI is InChI=1S/C24H23N3O4S/c1-16-10-11-19(23(28)25-2)15-21(16)26-24(29)18-7-5-8-20(14-18)32(30,31)27-13-12-17-6-3-4-9-22(17)27/h3-11,14-15H,12-13H2,1-2H3,(H,25,28)(H,26,29). The summed E-state index contributed by atoms with van der Waals surface area (Å²) in [6.45, 7) is 2.18. The molecule has 0 saturated carbocycles. The van der Waals surface area contributed by atoms with Gasteiger partial charge >= 0.3 is 0 Å². The van der Waals surface area contributed by atoms with Gasteiger partial charge in [-0.15, -0.1) is 0 Å². The van der Waals surface area contributed by atoms with Gasteiger partial charge in [0.2, 0.25) is 0 Å². The molecule has 1 heterocycles. The molecule has 0 saturated heterocycles. The first-order chi connectivity index (χ1) is 15.3. The number of rotatable bonds is 5. The summed E-state index contributed by atoms with van der Waals surface area (Å²) in [4.78, 5) is 24.9. The van der Waals surface area contributed by atoms with Gasteiger partial charge in [-0.2, -0.15) is 0 Å². The van der Waals surface area contributed by atoms with Crippen LogP contribution in [0.2, 0.25) is 0 Å². The van der Waals surface area contributed by atoms with Crippen LogP contribution in [0.1, 0.15) is 31.8 Å². The minimum Gasteiger partial charge on any atom is -0.355 e. The Kier molecular flexibility index (Phi) is 5.71. The van der Waals surface area contributed by atoms with E-state index in [2.05, 4.69) is 10.6 Å². The molecule has 4 rings (SSSR count). The fourth-order valence-corrected chi connectivity index (χ4v) is 5.27. The molecule has 7 nitrogen and oxygen atoms in total. The molecule has 0 unspecified atom stereocenters. The normalized spacial score (nSPS) is 12.9. The van der Waals surface area contributed by atoms with Crippen molar-refractivity contribution in [2.75, 3.05) is 23.2 Å². The van der Waals surface area contributed by atoms with Crippen molar-refractivity contribution in [3.05, 3.63) is 89.0 Å². The Morgan fingerprint density at radius 3 is 2.44 bits per heavy atom. The molecule has 0 atom stereocenters. The molecule has 0 bridgehead atoms. The summed E-state index contributed by atoms with van der Waals surface area (Å²) in [5.41, 5.74) is 3.54. The van der Waals surface area contributed by atoms with Crippen LogP contribution in [-0.4, -0.2) is 33.8 Å². The largest absolute Gasteiger partial charge is 0.355 e. The molecule has 0 spiro atoms. The zero-order valence-electron chi connectivity index (χ0n) is 17.8. The SMILES string of the molecule is CNC(=O)c1ccc(C)c(NC(=O)c2cccc(S(=O)(=O)N3CCc4ccccc43)c2)c1. The van der Waals surface area contributed by atoms with Crippen molar-refractivity contribution >= 4 is 33.2 Å². The molecule has 0 aromatic heterocycles. The van der Waals surface area contributed by atoms with Gasteiger partial charge in [-0.3, -0.25) is 13.9 Å². The second-order valence-electron chi connectivity index (χ2n) is 7.55. The monoisotopic (exact) mass is 449 g/mol. The quantitative estimate of drug-likeness (QED) is 0.624. The highest BCUT2D eigenvalue weighted by Gasteiger charge is 2.31. The van der Waals surface area contributed by atoms with Crippen molar-refractivity contribution in [3.63, 3.8) is 0 Å². The molecule has 0 aliphatic carbocycles. The number of fused-ring (bicyclic) bond motifs is 1. The van der Waals surface area contributed by atoms with E-state index in [-0.39, 0.29) is 16.4 Å². The number of aryl methyl sites for hydroxylation is 1. The van der Waals surface area contributed by atoms with Crippen molar-refractivity contribution < 1.29 is 18.0 Å². The number of hydrogen-bond donors (Lipinski definition) is 2. The van der Waals surface area contributed by atoms with Gasteiger partial charge in [-0.25, -0.2) is 8.42 Å². The van der Waals surface area contributed by atoms with Gasteiger partial charge in [0.25, 0.3) is 21.8 Å². The second-order valence-corrected chi connectivity index (χ2v) is 9.41. The number of carbonyl (C=O) groups excluding carboxylic acids is 2. The fourth-order valence-electron chi connectivity index (χ4n) is 3.72. The van der Waals surface area contributed by atoms with Crippen LogP contribution in [0.25, 0.3) is 0 Å². The Bertz CT molecular complexity index is 1320. The van der Waals surface area contributed by atoms with Crippen LogP contribution in [0, 0.1) is 6.92 Å². The molecule has 32 heavy (non-hydrogen) atoms. The number of anilines is 2. The van der Waals surface area contributed by atoms with Gasteiger partial charge in [0, 0.05) is 30.4 Å². The van der Waals surface area contributed by atoms with Gasteiger partial charge < -0.3 is 10.6 Å². The summed E-state index contributed by atoms with van der Waals surface area (Å²) in [6, 6.07) is 18.4. The molecule has 2 amide bonds. The van der Waals surface area contributed by atoms with Gasteiger partial charge in [0.05, 0.1) is 10.6 Å². The van der Waals surface area contributed by atoms with Crippen LogP contribution in [-0.2, 0) is 16.4 Å². The highest BCUT2D eigenvalue weighted by atomic mass is 32.2. The van der Waals surface area contributed by atoms with Crippen molar-refractivity contribution in [2.24, 2.45) is 0 Å². The lowest BCUT2D eigenvalue weighted by molar-refractivity contribution is 0.0961. The average Bonchev–Trinajstić information content (AvgIpc) is 3.25. The summed E-state index contributed by atoms with van der Waals surface area (Å²) in [5.74, 6) is -0.722. The van der Waals surface area contributed by atoms with E-state index in [9.17, 15) is 18.0 Å². The van der Waals surface area contributed by atoms with Crippen LogP contribution < -0.4 is 14.9 Å². The van der Waals surface area contributed by atoms with Gasteiger partial charge in [-0.1, -0.05) is 30.3 Å². The first-order valence-corrected chi connectivity index (χ1v) is 11.6. The Hall–Kier alpha value is -3.65. The summed E-state index contributed by atoms with van der Waals surface area (Å²) >= 11 is 0. The van der Waals surface area contributed by atoms with Crippen molar-refractivity contribution in [3.8, 4) is 0 Å². The van der Waals surface area contributed by atoms with Gasteiger partial charge in [0.15, 0.2) is 0 Å². The predicted octanol–water partition coefficient (Wildman–Crippen LogP) is 3.36. The zero-order chi connectivity index (χ0) is 22.9. The van der Waals surface area contributed by atoms with Crippen LogP contribution in [0.5, 0.6) is 0 Å². The van der Waals surface area contributed by atoms with Crippen molar-refractivity contribution in [1.29, 1.82) is 0 Å². The van der Waals surface area contributed by atoms with Crippen LogP contribution >= 0.6 is 0 Å². The second kappa shape index (κ2) is 8.47. The molecule has 1 aliphatic rings. The maximum Gasteiger partial charge on any atom is 0.264 e. The molecule has 0 radical (unpaired) electrons. The first kappa shape index (κ1) is 21.6. The number of benzene rings is 3. The fraction of sp³-hybridized carbons (Fsp3) is 0.167. The maximum atomic E-state index is 13.3. The molecular formula is C24H23N3O4S. The van der Waals surface area contributed by atoms with Crippen molar-refractivity contribution in [2.45, 2.75) is 18.2 Å². The number of sulfonamides is 1. The first-order valence-electron chi connectivity index (χ1n) is 10.2. The van der Waals surface area contributed by atoms with Crippen LogP contribution in [0.4, 0.5) is 11.4 Å². The van der Waals surface area contributed by atoms with E-state index in [1.807, 2.05) is 25.1 Å². The number of nitrogens with zero attached hydrogens (tertiary/aromatic N) is 1. The third-order valence-electron chi connectivity index (χ3n) is 5.50. The Morgan fingerprint density at radius 1 is 0.906 bits per heavy atom. The summed E-state index contributed by atoms with van der Waals surface area (Å²) < 4.78 is 28.0. The predicted molar refractivity (Wildman–Crippen MR) is 124 cm³/mol. The smallest absolute Gasteiger partial charge is 0.264 e. The number of carbonyl (C=O) groups is 2. The maximum absolute atomic E-state index is 13.3. The zero-order valence-corrected chi connectivity index (χ0v) is 18.6. The lowest BCUT2D eigenvalue weighted by Gasteiger charge is -2.20. The third kappa shape index (κ3) is 3.97. The molecule has 3 aromatic rings. The minimum absolute atomic E-state index is 0.0534. The van der Waals surface area contributed by atoms with E-state index in [4.69, 9.17) is 0 Å². The molecule has 3 aromatic carbocycles.